The molecule has 0 atom stereocenters. The molecule has 0 aromatic rings. The molecule has 0 radical (unpaired) electrons. The summed E-state index contributed by atoms with van der Waals surface area (Å²) in [6.45, 7) is 0. The first-order valence-corrected chi connectivity index (χ1v) is 1.94. The highest BCUT2D eigenvalue weighted by atomic mass is 14.5. The summed E-state index contributed by atoms with van der Waals surface area (Å²) in [4.78, 5) is 0. The van der Waals surface area contributed by atoms with Gasteiger partial charge in [-0.25, -0.2) is 0 Å². The summed E-state index contributed by atoms with van der Waals surface area (Å²) in [6.07, 6.45) is 5.69. The second kappa shape index (κ2) is 1.15. The maximum Gasteiger partial charge on any atom is 0.291 e. The van der Waals surface area contributed by atoms with Gasteiger partial charge in [0.15, 0.2) is 0 Å². The fraction of sp³-hybridized carbons (Fsp3) is 0. The van der Waals surface area contributed by atoms with Gasteiger partial charge in [0.1, 0.15) is 0 Å². The van der Waals surface area contributed by atoms with E-state index in [2.05, 4.69) is 4.67 Å². The van der Waals surface area contributed by atoms with Crippen LogP contribution in [-0.2, 0) is 0 Å². The lowest BCUT2D eigenvalue weighted by atomic mass is 10.0. The van der Waals surface area contributed by atoms with Gasteiger partial charge in [0.05, 0.1) is 0 Å². The largest absolute Gasteiger partial charge is 0.291 e. The molecule has 0 N–H and O–H groups in total. The van der Waals surface area contributed by atoms with Crippen molar-refractivity contribution in [2.75, 3.05) is 0 Å². The zero-order chi connectivity index (χ0) is 4.41. The Morgan fingerprint density at radius 2 is 2.50 bits per heavy atom. The Bertz CT molecular complexity index is 140. The fourth-order valence-electron chi connectivity index (χ4n) is 0.386. The van der Waals surface area contributed by atoms with Crippen molar-refractivity contribution in [2.24, 2.45) is 0 Å². The van der Waals surface area contributed by atoms with Crippen molar-refractivity contribution in [3.05, 3.63) is 12.2 Å². The maximum absolute atomic E-state index is 3.92. The molecule has 0 aromatic heterocycles. The molecule has 0 unspecified atom stereocenters. The molecule has 28 valence electrons. The molecule has 1 nitrogen and oxygen atoms in total. The molecule has 0 fully saturated rings. The fourth-order valence-corrected chi connectivity index (χ4v) is 0.386. The SMILES string of the molecule is BC1=[N+]=CC=C1. The van der Waals surface area contributed by atoms with Crippen LogP contribution in [0.2, 0.25) is 0 Å². The Hall–Kier alpha value is -0.745. The molecule has 0 aliphatic carbocycles. The van der Waals surface area contributed by atoms with Crippen molar-refractivity contribution in [1.29, 1.82) is 0 Å². The van der Waals surface area contributed by atoms with Gasteiger partial charge in [0.25, 0.3) is 6.21 Å². The van der Waals surface area contributed by atoms with E-state index in [0.29, 0.717) is 0 Å². The molecule has 0 amide bonds. The second-order valence-corrected chi connectivity index (χ2v) is 1.28. The van der Waals surface area contributed by atoms with Crippen molar-refractivity contribution >= 4 is 19.7 Å². The Morgan fingerprint density at radius 3 is 2.67 bits per heavy atom. The number of hydrogen-bond donors (Lipinski definition) is 0. The van der Waals surface area contributed by atoms with Crippen molar-refractivity contribution in [3.8, 4) is 0 Å². The van der Waals surface area contributed by atoms with E-state index in [1.165, 1.54) is 0 Å². The predicted molar refractivity (Wildman–Crippen MR) is 30.9 cm³/mol. The lowest BCUT2D eigenvalue weighted by molar-refractivity contribution is 1.76. The van der Waals surface area contributed by atoms with Gasteiger partial charge in [0.2, 0.25) is 13.5 Å². The summed E-state index contributed by atoms with van der Waals surface area (Å²) >= 11 is 0. The molecule has 2 heteroatoms. The smallest absolute Gasteiger partial charge is 0.111 e. The van der Waals surface area contributed by atoms with Crippen molar-refractivity contribution < 1.29 is 0 Å². The first kappa shape index (κ1) is 3.45. The minimum absolute atomic E-state index is 1.09. The summed E-state index contributed by atoms with van der Waals surface area (Å²) in [6, 6.07) is 0. The van der Waals surface area contributed by atoms with Crippen LogP contribution in [0.25, 0.3) is 0 Å². The summed E-state index contributed by atoms with van der Waals surface area (Å²) < 4.78 is 3.92. The third-order valence-corrected chi connectivity index (χ3v) is 0.702. The molecule has 0 spiro atoms. The monoisotopic (exact) mass is 78.1 g/mol. The van der Waals surface area contributed by atoms with Crippen molar-refractivity contribution in [3.63, 3.8) is 0 Å². The molecule has 0 aromatic carbocycles. The highest BCUT2D eigenvalue weighted by Gasteiger charge is 1.95. The van der Waals surface area contributed by atoms with Crippen LogP contribution in [0, 0.1) is 0 Å². The lowest BCUT2D eigenvalue weighted by Gasteiger charge is -1.51. The van der Waals surface area contributed by atoms with Gasteiger partial charge in [-0.3, -0.25) is 0 Å². The van der Waals surface area contributed by atoms with E-state index >= 15 is 0 Å². The molecule has 0 saturated heterocycles. The molecule has 0 bridgehead atoms. The Balaban J connectivity index is 2.98. The summed E-state index contributed by atoms with van der Waals surface area (Å²) in [5.74, 6) is 0. The molecular weight excluding hydrogens is 72.9 g/mol. The molecule has 1 heterocycles. The summed E-state index contributed by atoms with van der Waals surface area (Å²) in [5.41, 5.74) is 1.09. The average Bonchev–Trinajstić information content (AvgIpc) is 1.86. The highest BCUT2D eigenvalue weighted by molar-refractivity contribution is 6.63. The predicted octanol–water partition coefficient (Wildman–Crippen LogP) is -1.27. The quantitative estimate of drug-likeness (QED) is 0.253. The number of nitrogens with zero attached hydrogens (tertiary/aromatic N) is 1. The third-order valence-electron chi connectivity index (χ3n) is 0.702. The van der Waals surface area contributed by atoms with Crippen LogP contribution in [0.5, 0.6) is 0 Å². The normalized spacial score (nSPS) is 15.7. The average molecular weight is 77.9 g/mol. The van der Waals surface area contributed by atoms with E-state index in [-0.39, 0.29) is 0 Å². The summed E-state index contributed by atoms with van der Waals surface area (Å²) in [5, 5.41) is 0. The third kappa shape index (κ3) is 0.423. The molecule has 1 rings (SSSR count). The standard InChI is InChI=1S/C4H5BN/c5-4-2-1-3-6-4/h1-3H,5H2/q+1. The van der Waals surface area contributed by atoms with Gasteiger partial charge < -0.3 is 0 Å². The zero-order valence-electron chi connectivity index (χ0n) is 3.68. The zero-order valence-corrected chi connectivity index (χ0v) is 3.68. The highest BCUT2D eigenvalue weighted by Crippen LogP contribution is 1.69. The van der Waals surface area contributed by atoms with E-state index in [4.69, 9.17) is 0 Å². The Kier molecular flexibility index (Phi) is 0.662. The summed E-state index contributed by atoms with van der Waals surface area (Å²) in [7, 11) is 1.97. The second-order valence-electron chi connectivity index (χ2n) is 1.28. The first-order valence-electron chi connectivity index (χ1n) is 1.94. The molecule has 6 heavy (non-hydrogen) atoms. The molecular formula is C4H5BN+. The van der Waals surface area contributed by atoms with Crippen LogP contribution in [0.15, 0.2) is 12.2 Å². The van der Waals surface area contributed by atoms with E-state index in [1.807, 2.05) is 20.0 Å². The minimum Gasteiger partial charge on any atom is -0.111 e. The van der Waals surface area contributed by atoms with Gasteiger partial charge >= 0.3 is 0 Å². The van der Waals surface area contributed by atoms with Gasteiger partial charge in [-0.2, -0.15) is 0 Å². The number of rotatable bonds is 0. The number of allylic oxidation sites excluding steroid dienone is 2. The lowest BCUT2D eigenvalue weighted by Crippen LogP contribution is -1.89. The van der Waals surface area contributed by atoms with Gasteiger partial charge in [-0.1, -0.05) is 0 Å². The van der Waals surface area contributed by atoms with E-state index in [1.54, 1.807) is 6.21 Å². The van der Waals surface area contributed by atoms with Crippen LogP contribution >= 0.6 is 0 Å². The van der Waals surface area contributed by atoms with Crippen LogP contribution in [0.1, 0.15) is 0 Å². The van der Waals surface area contributed by atoms with Crippen LogP contribution in [0.3, 0.4) is 0 Å². The van der Waals surface area contributed by atoms with Crippen LogP contribution in [0.4, 0.5) is 0 Å². The van der Waals surface area contributed by atoms with E-state index < -0.39 is 0 Å². The molecule has 1 aliphatic heterocycles. The van der Waals surface area contributed by atoms with Crippen LogP contribution in [-0.4, -0.2) is 19.7 Å². The van der Waals surface area contributed by atoms with Gasteiger partial charge in [-0.05, 0) is 0 Å². The van der Waals surface area contributed by atoms with Crippen LogP contribution < -0.4 is 4.67 Å². The van der Waals surface area contributed by atoms with E-state index in [0.717, 1.165) is 5.61 Å². The van der Waals surface area contributed by atoms with Crippen molar-refractivity contribution in [1.82, 2.24) is 4.67 Å². The van der Waals surface area contributed by atoms with Gasteiger partial charge in [-0.15, -0.1) is 4.67 Å². The minimum atomic E-state index is 1.09. The van der Waals surface area contributed by atoms with E-state index in [9.17, 15) is 0 Å². The van der Waals surface area contributed by atoms with Gasteiger partial charge in [0, 0.05) is 12.2 Å². The maximum atomic E-state index is 3.92. The number of hydrogen-bond acceptors (Lipinski definition) is 0. The Morgan fingerprint density at radius 1 is 1.67 bits per heavy atom. The molecule has 0 saturated carbocycles. The topological polar surface area (TPSA) is 14.1 Å². The molecule has 1 aliphatic rings. The van der Waals surface area contributed by atoms with Crippen molar-refractivity contribution in [2.45, 2.75) is 0 Å². The Labute approximate surface area is 37.5 Å². The first-order chi connectivity index (χ1) is 2.89.